The monoisotopic (exact) mass is 461 g/mol. The molecule has 0 atom stereocenters. The number of nitrogens with one attached hydrogen (secondary N) is 2. The molecule has 0 aliphatic heterocycles. The average Bonchev–Trinajstić information content (AvgIpc) is 2.80. The molecule has 12 heteroatoms. The summed E-state index contributed by atoms with van der Waals surface area (Å²) in [5.74, 6) is -1.25. The highest BCUT2D eigenvalue weighted by Crippen LogP contribution is 2.33. The van der Waals surface area contributed by atoms with Crippen LogP contribution in [0.4, 0.5) is 41.9 Å². The van der Waals surface area contributed by atoms with E-state index in [-0.39, 0.29) is 39.8 Å². The summed E-state index contributed by atoms with van der Waals surface area (Å²) in [6, 6.07) is 8.62. The van der Waals surface area contributed by atoms with Crippen molar-refractivity contribution in [2.75, 3.05) is 30.6 Å². The van der Waals surface area contributed by atoms with Gasteiger partial charge in [0.05, 0.1) is 30.9 Å². The minimum atomic E-state index is -4.51. The fraction of sp³-hybridized carbons (Fsp3) is 0.143. The summed E-state index contributed by atoms with van der Waals surface area (Å²) in [5.41, 5.74) is 5.75. The number of rotatable bonds is 6. The zero-order valence-corrected chi connectivity index (χ0v) is 17.4. The molecule has 9 nitrogen and oxygen atoms in total. The molecule has 0 radical (unpaired) electrons. The van der Waals surface area contributed by atoms with Crippen molar-refractivity contribution < 1.29 is 32.2 Å². The Hall–Kier alpha value is -4.35. The second-order valence-corrected chi connectivity index (χ2v) is 6.60. The number of benzene rings is 2. The lowest BCUT2D eigenvalue weighted by molar-refractivity contribution is -0.137. The van der Waals surface area contributed by atoms with Gasteiger partial charge in [0.1, 0.15) is 12.0 Å². The maximum atomic E-state index is 13.0. The molecule has 3 rings (SSSR count). The summed E-state index contributed by atoms with van der Waals surface area (Å²) in [4.78, 5) is 31.9. The number of anilines is 5. The summed E-state index contributed by atoms with van der Waals surface area (Å²) in [6.07, 6.45) is -3.37. The van der Waals surface area contributed by atoms with Gasteiger partial charge in [-0.1, -0.05) is 6.07 Å². The van der Waals surface area contributed by atoms with E-state index in [9.17, 15) is 22.8 Å². The van der Waals surface area contributed by atoms with Gasteiger partial charge in [0.25, 0.3) is 0 Å². The maximum absolute atomic E-state index is 13.0. The number of aromatic nitrogens is 2. The quantitative estimate of drug-likeness (QED) is 0.464. The molecule has 2 aromatic carbocycles. The number of halogens is 3. The van der Waals surface area contributed by atoms with Gasteiger partial charge in [0.15, 0.2) is 11.6 Å². The number of hydrogen-bond donors (Lipinski definition) is 3. The minimum Gasteiger partial charge on any atom is -0.465 e. The lowest BCUT2D eigenvalue weighted by atomic mass is 10.1. The summed E-state index contributed by atoms with van der Waals surface area (Å²) in [5, 5.41) is 5.59. The molecule has 0 aliphatic rings. The topological polar surface area (TPSA) is 128 Å². The molecular weight excluding hydrogens is 443 g/mol. The largest absolute Gasteiger partial charge is 0.465 e. The molecule has 172 valence electrons. The Morgan fingerprint density at radius 2 is 1.42 bits per heavy atom. The molecule has 4 N–H and O–H groups in total. The van der Waals surface area contributed by atoms with Crippen LogP contribution in [0.3, 0.4) is 0 Å². The Bertz CT molecular complexity index is 1170. The van der Waals surface area contributed by atoms with E-state index in [1.165, 1.54) is 44.6 Å². The number of esters is 2. The van der Waals surface area contributed by atoms with E-state index in [0.717, 1.165) is 18.5 Å². The molecule has 3 aromatic rings. The van der Waals surface area contributed by atoms with Gasteiger partial charge in [-0.05, 0) is 36.4 Å². The zero-order chi connectivity index (χ0) is 24.2. The molecule has 0 fully saturated rings. The van der Waals surface area contributed by atoms with Crippen LogP contribution in [-0.2, 0) is 15.7 Å². The van der Waals surface area contributed by atoms with Crippen molar-refractivity contribution >= 4 is 40.6 Å². The highest BCUT2D eigenvalue weighted by molar-refractivity contribution is 5.97. The van der Waals surface area contributed by atoms with E-state index >= 15 is 0 Å². The first-order valence-corrected chi connectivity index (χ1v) is 9.26. The fourth-order valence-corrected chi connectivity index (χ4v) is 2.81. The van der Waals surface area contributed by atoms with Crippen molar-refractivity contribution in [3.63, 3.8) is 0 Å². The number of ether oxygens (including phenoxy) is 2. The van der Waals surface area contributed by atoms with Gasteiger partial charge in [-0.15, -0.1) is 0 Å². The van der Waals surface area contributed by atoms with Gasteiger partial charge < -0.3 is 25.8 Å². The van der Waals surface area contributed by atoms with Crippen molar-refractivity contribution in [3.05, 3.63) is 65.5 Å². The van der Waals surface area contributed by atoms with Crippen LogP contribution in [0.25, 0.3) is 0 Å². The molecule has 0 unspecified atom stereocenters. The molecular formula is C21H18F3N5O4. The number of hydrogen-bond acceptors (Lipinski definition) is 9. The highest BCUT2D eigenvalue weighted by Gasteiger charge is 2.30. The number of nitrogens with two attached hydrogens (primary N) is 1. The first-order valence-electron chi connectivity index (χ1n) is 9.26. The number of alkyl halides is 3. The number of carbonyl (C=O) groups is 2. The van der Waals surface area contributed by atoms with Gasteiger partial charge in [0, 0.05) is 11.4 Å². The lowest BCUT2D eigenvalue weighted by Crippen LogP contribution is -2.09. The van der Waals surface area contributed by atoms with Crippen molar-refractivity contribution in [2.24, 2.45) is 0 Å². The molecule has 33 heavy (non-hydrogen) atoms. The first-order chi connectivity index (χ1) is 15.6. The van der Waals surface area contributed by atoms with Crippen molar-refractivity contribution in [1.82, 2.24) is 9.97 Å². The van der Waals surface area contributed by atoms with Gasteiger partial charge in [-0.25, -0.2) is 19.6 Å². The van der Waals surface area contributed by atoms with Crippen LogP contribution in [0, 0.1) is 0 Å². The molecule has 0 spiro atoms. The number of carbonyl (C=O) groups excluding carboxylic acids is 2. The van der Waals surface area contributed by atoms with E-state index in [0.29, 0.717) is 0 Å². The first kappa shape index (κ1) is 23.3. The predicted octanol–water partition coefficient (Wildman–Crippen LogP) is 4.14. The average molecular weight is 461 g/mol. The maximum Gasteiger partial charge on any atom is 0.416 e. The molecule has 1 aromatic heterocycles. The number of methoxy groups -OCH3 is 2. The molecule has 0 saturated heterocycles. The molecule has 0 saturated carbocycles. The lowest BCUT2D eigenvalue weighted by Gasteiger charge is -2.14. The Balaban J connectivity index is 1.93. The van der Waals surface area contributed by atoms with Crippen LogP contribution in [0.15, 0.2) is 48.8 Å². The van der Waals surface area contributed by atoms with Crippen LogP contribution in [0.1, 0.15) is 26.3 Å². The predicted molar refractivity (Wildman–Crippen MR) is 114 cm³/mol. The van der Waals surface area contributed by atoms with Crippen LogP contribution < -0.4 is 16.4 Å². The Morgan fingerprint density at radius 3 is 1.94 bits per heavy atom. The van der Waals surface area contributed by atoms with Crippen LogP contribution in [-0.4, -0.2) is 36.1 Å². The number of nitrogen functional groups attached to an aromatic ring is 1. The minimum absolute atomic E-state index is 0.0157. The second-order valence-electron chi connectivity index (χ2n) is 6.60. The van der Waals surface area contributed by atoms with Crippen molar-refractivity contribution in [3.8, 4) is 0 Å². The van der Waals surface area contributed by atoms with Crippen LogP contribution in [0.5, 0.6) is 0 Å². The Labute approximate surface area is 185 Å². The normalized spacial score (nSPS) is 10.9. The van der Waals surface area contributed by atoms with E-state index in [1.807, 2.05) is 0 Å². The van der Waals surface area contributed by atoms with E-state index in [1.54, 1.807) is 0 Å². The third-order valence-electron chi connectivity index (χ3n) is 4.37. The Kier molecular flexibility index (Phi) is 6.66. The second kappa shape index (κ2) is 9.42. The highest BCUT2D eigenvalue weighted by atomic mass is 19.4. The van der Waals surface area contributed by atoms with Crippen molar-refractivity contribution in [2.45, 2.75) is 6.18 Å². The fourth-order valence-electron chi connectivity index (χ4n) is 2.81. The van der Waals surface area contributed by atoms with Gasteiger partial charge >= 0.3 is 18.1 Å². The molecule has 1 heterocycles. The van der Waals surface area contributed by atoms with Gasteiger partial charge in [0.2, 0.25) is 0 Å². The van der Waals surface area contributed by atoms with Gasteiger partial charge in [-0.3, -0.25) is 0 Å². The van der Waals surface area contributed by atoms with Crippen LogP contribution >= 0.6 is 0 Å². The zero-order valence-electron chi connectivity index (χ0n) is 17.4. The van der Waals surface area contributed by atoms with Crippen LogP contribution in [0.2, 0.25) is 0 Å². The Morgan fingerprint density at radius 1 is 0.879 bits per heavy atom. The smallest absolute Gasteiger partial charge is 0.416 e. The third-order valence-corrected chi connectivity index (χ3v) is 4.37. The summed E-state index contributed by atoms with van der Waals surface area (Å²) < 4.78 is 48.3. The molecule has 0 amide bonds. The van der Waals surface area contributed by atoms with Gasteiger partial charge in [-0.2, -0.15) is 13.2 Å². The molecule has 0 bridgehead atoms. The standard InChI is InChI=1S/C21H18F3N5O4/c1-32-19(30)11-6-12(20(31)33-2)8-15(7-11)29-18-16(25)17(26-10-27-18)28-14-5-3-4-13(9-14)21(22,23)24/h3-10H,25H2,1-2H3,(H2,26,27,28,29). The van der Waals surface area contributed by atoms with E-state index in [4.69, 9.17) is 15.2 Å². The molecule has 0 aliphatic carbocycles. The number of nitrogens with zero attached hydrogens (tertiary/aromatic N) is 2. The van der Waals surface area contributed by atoms with E-state index < -0.39 is 23.7 Å². The summed E-state index contributed by atoms with van der Waals surface area (Å²) >= 11 is 0. The third kappa shape index (κ3) is 5.47. The summed E-state index contributed by atoms with van der Waals surface area (Å²) in [7, 11) is 2.38. The SMILES string of the molecule is COC(=O)c1cc(Nc2ncnc(Nc3cccc(C(F)(F)F)c3)c2N)cc(C(=O)OC)c1. The summed E-state index contributed by atoms with van der Waals surface area (Å²) in [6.45, 7) is 0. The van der Waals surface area contributed by atoms with E-state index in [2.05, 4.69) is 20.6 Å². The van der Waals surface area contributed by atoms with Crippen molar-refractivity contribution in [1.29, 1.82) is 0 Å².